The van der Waals surface area contributed by atoms with E-state index in [1.807, 2.05) is 18.2 Å². The fourth-order valence-corrected chi connectivity index (χ4v) is 2.32. The Morgan fingerprint density at radius 3 is 2.47 bits per heavy atom. The van der Waals surface area contributed by atoms with Gasteiger partial charge < -0.3 is 5.32 Å². The van der Waals surface area contributed by atoms with Crippen molar-refractivity contribution in [3.8, 4) is 0 Å². The van der Waals surface area contributed by atoms with Gasteiger partial charge in [0.1, 0.15) is 0 Å². The topological polar surface area (TPSA) is 29.1 Å². The molecule has 2 heteroatoms. The predicted molar refractivity (Wildman–Crippen MR) is 82.5 cm³/mol. The number of anilines is 1. The van der Waals surface area contributed by atoms with Gasteiger partial charge in [-0.05, 0) is 30.4 Å². The monoisotopic (exact) mass is 261 g/mol. The molecule has 0 spiro atoms. The van der Waals surface area contributed by atoms with Gasteiger partial charge in [-0.2, -0.15) is 0 Å². The van der Waals surface area contributed by atoms with E-state index in [9.17, 15) is 4.79 Å². The molecule has 1 rings (SSSR count). The van der Waals surface area contributed by atoms with Crippen LogP contribution in [0.4, 0.5) is 5.69 Å². The molecule has 1 aromatic carbocycles. The first-order valence-corrected chi connectivity index (χ1v) is 7.49. The maximum absolute atomic E-state index is 12.3. The molecule has 106 valence electrons. The fraction of sp³-hybridized carbons (Fsp3) is 0.588. The molecule has 19 heavy (non-hydrogen) atoms. The quantitative estimate of drug-likeness (QED) is 0.738. The minimum atomic E-state index is 0.139. The first-order chi connectivity index (χ1) is 9.10. The van der Waals surface area contributed by atoms with Crippen molar-refractivity contribution < 1.29 is 4.79 Å². The molecule has 2 nitrogen and oxygen atoms in total. The summed E-state index contributed by atoms with van der Waals surface area (Å²) in [6.45, 7) is 8.56. The number of nitrogens with one attached hydrogen (secondary N) is 1. The lowest BCUT2D eigenvalue weighted by molar-refractivity contribution is -0.120. The summed E-state index contributed by atoms with van der Waals surface area (Å²) in [5.74, 6) is 0.733. The Morgan fingerprint density at radius 1 is 1.21 bits per heavy atom. The van der Waals surface area contributed by atoms with Crippen molar-refractivity contribution in [3.63, 3.8) is 0 Å². The van der Waals surface area contributed by atoms with Crippen molar-refractivity contribution in [2.75, 3.05) is 5.32 Å². The van der Waals surface area contributed by atoms with Crippen LogP contribution >= 0.6 is 0 Å². The van der Waals surface area contributed by atoms with E-state index in [-0.39, 0.29) is 11.8 Å². The van der Waals surface area contributed by atoms with Crippen molar-refractivity contribution in [2.24, 2.45) is 5.92 Å². The molecule has 0 aromatic heterocycles. The van der Waals surface area contributed by atoms with E-state index in [0.717, 1.165) is 31.4 Å². The van der Waals surface area contributed by atoms with Gasteiger partial charge >= 0.3 is 0 Å². The van der Waals surface area contributed by atoms with Gasteiger partial charge in [0.25, 0.3) is 0 Å². The minimum Gasteiger partial charge on any atom is -0.326 e. The third-order valence-corrected chi connectivity index (χ3v) is 3.61. The number of amides is 1. The van der Waals surface area contributed by atoms with E-state index in [4.69, 9.17) is 0 Å². The van der Waals surface area contributed by atoms with Crippen LogP contribution in [0.2, 0.25) is 0 Å². The number of unbranched alkanes of at least 4 members (excludes halogenated alkanes) is 1. The third kappa shape index (κ3) is 4.70. The summed E-state index contributed by atoms with van der Waals surface area (Å²) >= 11 is 0. The summed E-state index contributed by atoms with van der Waals surface area (Å²) in [4.78, 5) is 12.3. The second kappa shape index (κ2) is 7.98. The molecule has 0 saturated heterocycles. The zero-order valence-electron chi connectivity index (χ0n) is 12.7. The predicted octanol–water partition coefficient (Wildman–Crippen LogP) is 4.96. The highest BCUT2D eigenvalue weighted by atomic mass is 16.1. The van der Waals surface area contributed by atoms with E-state index >= 15 is 0 Å². The molecule has 0 saturated carbocycles. The third-order valence-electron chi connectivity index (χ3n) is 3.61. The Labute approximate surface area is 117 Å². The summed E-state index contributed by atoms with van der Waals surface area (Å²) in [6.07, 6.45) is 4.17. The Bertz CT molecular complexity index is 398. The van der Waals surface area contributed by atoms with E-state index in [2.05, 4.69) is 39.1 Å². The SMILES string of the molecule is CCCC[C@H](CC)C(=O)Nc1ccccc1C(C)C. The van der Waals surface area contributed by atoms with E-state index < -0.39 is 0 Å². The summed E-state index contributed by atoms with van der Waals surface area (Å²) in [7, 11) is 0. The Balaban J connectivity index is 2.75. The van der Waals surface area contributed by atoms with Gasteiger partial charge in [-0.3, -0.25) is 4.79 Å². The number of carbonyl (C=O) groups is 1. The van der Waals surface area contributed by atoms with Gasteiger partial charge in [0.15, 0.2) is 0 Å². The fourth-order valence-electron chi connectivity index (χ4n) is 2.32. The number of benzene rings is 1. The average Bonchev–Trinajstić information content (AvgIpc) is 2.40. The maximum Gasteiger partial charge on any atom is 0.227 e. The van der Waals surface area contributed by atoms with Gasteiger partial charge in [0, 0.05) is 11.6 Å². The van der Waals surface area contributed by atoms with Crippen molar-refractivity contribution in [2.45, 2.75) is 59.3 Å². The van der Waals surface area contributed by atoms with Crippen LogP contribution in [-0.4, -0.2) is 5.91 Å². The molecule has 0 unspecified atom stereocenters. The van der Waals surface area contributed by atoms with Crippen LogP contribution in [-0.2, 0) is 4.79 Å². The molecule has 0 aliphatic heterocycles. The Kier molecular flexibility index (Phi) is 6.61. The van der Waals surface area contributed by atoms with Crippen molar-refractivity contribution in [1.29, 1.82) is 0 Å². The largest absolute Gasteiger partial charge is 0.326 e. The van der Waals surface area contributed by atoms with Crippen molar-refractivity contribution in [3.05, 3.63) is 29.8 Å². The molecule has 1 atom stereocenters. The van der Waals surface area contributed by atoms with Crippen LogP contribution in [0.3, 0.4) is 0 Å². The number of hydrogen-bond acceptors (Lipinski definition) is 1. The van der Waals surface area contributed by atoms with Crippen LogP contribution in [0.5, 0.6) is 0 Å². The molecule has 0 heterocycles. The van der Waals surface area contributed by atoms with Crippen LogP contribution in [0.1, 0.15) is 64.9 Å². The molecule has 1 N–H and O–H groups in total. The number of rotatable bonds is 7. The first-order valence-electron chi connectivity index (χ1n) is 7.49. The molecule has 0 fully saturated rings. The number of carbonyl (C=O) groups excluding carboxylic acids is 1. The van der Waals surface area contributed by atoms with Crippen molar-refractivity contribution in [1.82, 2.24) is 0 Å². The zero-order chi connectivity index (χ0) is 14.3. The summed E-state index contributed by atoms with van der Waals surface area (Å²) in [5.41, 5.74) is 2.18. The first kappa shape index (κ1) is 15.7. The normalized spacial score (nSPS) is 12.5. The van der Waals surface area contributed by atoms with Crippen LogP contribution in [0.15, 0.2) is 24.3 Å². The van der Waals surface area contributed by atoms with E-state index in [0.29, 0.717) is 5.92 Å². The Hall–Kier alpha value is -1.31. The highest BCUT2D eigenvalue weighted by molar-refractivity contribution is 5.93. The average molecular weight is 261 g/mol. The molecule has 1 amide bonds. The lowest BCUT2D eigenvalue weighted by atomic mass is 9.97. The second-order valence-corrected chi connectivity index (χ2v) is 5.48. The minimum absolute atomic E-state index is 0.139. The second-order valence-electron chi connectivity index (χ2n) is 5.48. The molecule has 0 radical (unpaired) electrons. The van der Waals surface area contributed by atoms with Gasteiger partial charge in [0.05, 0.1) is 0 Å². The molecule has 0 aliphatic rings. The summed E-state index contributed by atoms with van der Waals surface area (Å²) < 4.78 is 0. The molecule has 0 bridgehead atoms. The van der Waals surface area contributed by atoms with Crippen LogP contribution < -0.4 is 5.32 Å². The summed E-state index contributed by atoms with van der Waals surface area (Å²) in [6, 6.07) is 8.10. The highest BCUT2D eigenvalue weighted by Crippen LogP contribution is 2.25. The van der Waals surface area contributed by atoms with Gasteiger partial charge in [-0.1, -0.05) is 58.7 Å². The standard InChI is InChI=1S/C17H27NO/c1-5-7-10-14(6-2)17(19)18-16-12-9-8-11-15(16)13(3)4/h8-9,11-14H,5-7,10H2,1-4H3,(H,18,19)/t14-/m0/s1. The smallest absolute Gasteiger partial charge is 0.227 e. The lowest BCUT2D eigenvalue weighted by Crippen LogP contribution is -2.23. The zero-order valence-corrected chi connectivity index (χ0v) is 12.7. The highest BCUT2D eigenvalue weighted by Gasteiger charge is 2.17. The maximum atomic E-state index is 12.3. The number of hydrogen-bond donors (Lipinski definition) is 1. The summed E-state index contributed by atoms with van der Waals surface area (Å²) in [5, 5.41) is 3.11. The van der Waals surface area contributed by atoms with Gasteiger partial charge in [-0.25, -0.2) is 0 Å². The van der Waals surface area contributed by atoms with Crippen LogP contribution in [0, 0.1) is 5.92 Å². The lowest BCUT2D eigenvalue weighted by Gasteiger charge is -2.18. The molecular formula is C17H27NO. The number of para-hydroxylation sites is 1. The molecular weight excluding hydrogens is 234 g/mol. The molecule has 1 aromatic rings. The van der Waals surface area contributed by atoms with Gasteiger partial charge in [0.2, 0.25) is 5.91 Å². The van der Waals surface area contributed by atoms with E-state index in [1.165, 1.54) is 5.56 Å². The van der Waals surface area contributed by atoms with Crippen molar-refractivity contribution >= 4 is 11.6 Å². The van der Waals surface area contributed by atoms with E-state index in [1.54, 1.807) is 0 Å². The molecule has 0 aliphatic carbocycles. The van der Waals surface area contributed by atoms with Gasteiger partial charge in [-0.15, -0.1) is 0 Å². The Morgan fingerprint density at radius 2 is 1.89 bits per heavy atom. The van der Waals surface area contributed by atoms with Crippen LogP contribution in [0.25, 0.3) is 0 Å².